The van der Waals surface area contributed by atoms with Gasteiger partial charge in [-0.3, -0.25) is 29.7 Å². The molecular weight excluding hydrogens is 410 g/mol. The Morgan fingerprint density at radius 2 is 1.90 bits per heavy atom. The number of aromatic nitrogens is 4. The summed E-state index contributed by atoms with van der Waals surface area (Å²) >= 11 is 0. The van der Waals surface area contributed by atoms with Gasteiger partial charge in [0.05, 0.1) is 6.07 Å². The zero-order chi connectivity index (χ0) is 23.4. The minimum atomic E-state index is -0.738. The van der Waals surface area contributed by atoms with Crippen molar-refractivity contribution in [3.63, 3.8) is 0 Å². The van der Waals surface area contributed by atoms with Crippen LogP contribution >= 0.6 is 0 Å². The first-order valence-electron chi connectivity index (χ1n) is 8.78. The van der Waals surface area contributed by atoms with Crippen molar-refractivity contribution in [2.75, 3.05) is 6.54 Å². The molecule has 2 aromatic heterocycles. The van der Waals surface area contributed by atoms with Crippen molar-refractivity contribution in [3.05, 3.63) is 65.7 Å². The van der Waals surface area contributed by atoms with Gasteiger partial charge < -0.3 is 14.9 Å². The van der Waals surface area contributed by atoms with Crippen LogP contribution in [-0.4, -0.2) is 38.0 Å². The molecular formula is C18H19N7O6. The molecule has 1 aliphatic heterocycles. The van der Waals surface area contributed by atoms with Gasteiger partial charge in [-0.25, -0.2) is 14.4 Å². The number of carbonyl (C=O) groups is 2. The van der Waals surface area contributed by atoms with E-state index in [1.165, 1.54) is 23.0 Å². The van der Waals surface area contributed by atoms with E-state index in [2.05, 4.69) is 21.2 Å². The molecule has 0 aromatic carbocycles. The second-order valence-corrected chi connectivity index (χ2v) is 5.81. The Kier molecular flexibility index (Phi) is 9.46. The van der Waals surface area contributed by atoms with Gasteiger partial charge >= 0.3 is 17.4 Å². The molecule has 1 unspecified atom stereocenters. The maximum absolute atomic E-state index is 10.9. The van der Waals surface area contributed by atoms with E-state index in [0.29, 0.717) is 6.54 Å². The van der Waals surface area contributed by atoms with Crippen molar-refractivity contribution in [1.29, 1.82) is 5.26 Å². The van der Waals surface area contributed by atoms with E-state index in [1.807, 2.05) is 17.2 Å². The topological polar surface area (TPSA) is 203 Å². The molecule has 1 saturated heterocycles. The number of nitriles is 1. The zero-order valence-electron chi connectivity index (χ0n) is 16.4. The third-order valence-corrected chi connectivity index (χ3v) is 3.51. The Balaban J connectivity index is 0.000000233. The van der Waals surface area contributed by atoms with Crippen LogP contribution in [0, 0.1) is 29.6 Å². The molecule has 0 bridgehead atoms. The van der Waals surface area contributed by atoms with Crippen LogP contribution in [0.25, 0.3) is 0 Å². The molecule has 3 rings (SSSR count). The van der Waals surface area contributed by atoms with Crippen LogP contribution in [-0.2, 0) is 11.3 Å². The molecule has 31 heavy (non-hydrogen) atoms. The monoisotopic (exact) mass is 429 g/mol. The molecule has 1 aliphatic rings. The lowest BCUT2D eigenvalue weighted by Gasteiger charge is -2.15. The van der Waals surface area contributed by atoms with Crippen LogP contribution in [0.15, 0.2) is 37.6 Å². The maximum atomic E-state index is 10.9. The number of urea groups is 1. The van der Waals surface area contributed by atoms with E-state index in [9.17, 15) is 28.8 Å². The fraction of sp³-hybridized carbons (Fsp3) is 0.278. The number of nitrogens with one attached hydrogen (secondary N) is 5. The van der Waals surface area contributed by atoms with Crippen LogP contribution < -0.4 is 33.1 Å². The quantitative estimate of drug-likeness (QED) is 0.338. The van der Waals surface area contributed by atoms with Gasteiger partial charge in [0.1, 0.15) is 11.5 Å². The van der Waals surface area contributed by atoms with Gasteiger partial charge in [0.2, 0.25) is 5.91 Å². The van der Waals surface area contributed by atoms with Crippen molar-refractivity contribution < 1.29 is 9.59 Å². The van der Waals surface area contributed by atoms with Gasteiger partial charge in [-0.1, -0.05) is 12.8 Å². The molecule has 0 saturated carbocycles. The number of imide groups is 1. The first kappa shape index (κ1) is 24.4. The number of aryl methyl sites for hydroxylation is 1. The summed E-state index contributed by atoms with van der Waals surface area (Å²) in [4.78, 5) is 70.0. The average molecular weight is 429 g/mol. The summed E-state index contributed by atoms with van der Waals surface area (Å²) in [5, 5.41) is 12.6. The number of H-pyrrole nitrogens is 3. The number of nitrogens with zero attached hydrogens (tertiary/aromatic N) is 2. The van der Waals surface area contributed by atoms with Crippen LogP contribution in [0.2, 0.25) is 0 Å². The highest BCUT2D eigenvalue weighted by atomic mass is 16.2. The lowest BCUT2D eigenvalue weighted by Crippen LogP contribution is -2.51. The second-order valence-electron chi connectivity index (χ2n) is 5.81. The molecule has 5 N–H and O–H groups in total. The number of amides is 3. The van der Waals surface area contributed by atoms with Gasteiger partial charge in [0.25, 0.3) is 11.1 Å². The largest absolute Gasteiger partial charge is 0.336 e. The first-order valence-corrected chi connectivity index (χ1v) is 8.78. The van der Waals surface area contributed by atoms with E-state index in [4.69, 9.17) is 11.7 Å². The minimum absolute atomic E-state index is 0.112. The smallest absolute Gasteiger partial charge is 0.328 e. The predicted molar refractivity (Wildman–Crippen MR) is 108 cm³/mol. The van der Waals surface area contributed by atoms with Crippen molar-refractivity contribution in [1.82, 2.24) is 30.2 Å². The summed E-state index contributed by atoms with van der Waals surface area (Å²) in [5.41, 5.74) is -1.64. The second kappa shape index (κ2) is 12.0. The Morgan fingerprint density at radius 3 is 2.42 bits per heavy atom. The van der Waals surface area contributed by atoms with Crippen molar-refractivity contribution >= 4 is 11.9 Å². The van der Waals surface area contributed by atoms with Gasteiger partial charge in [-0.15, -0.1) is 6.42 Å². The van der Waals surface area contributed by atoms with Gasteiger partial charge in [-0.05, 0) is 6.42 Å². The Bertz CT molecular complexity index is 1240. The molecule has 162 valence electrons. The standard InChI is InChI=1S/C7H10N2O2.C6H4N2O2.C5H5N3O2/c1-2-4-9-5-3-6(10)8-7(9)11;1-2-4-3-7-6(10)8-5(4)9;6-1-3-2-7-5(10)8-4(3)9/h3,5H,2,4H2,1H3,(H,8,10,11);1,3H,(H2,7,8,9,10);3H,2H2,(H2,7,8,9,10). The first-order chi connectivity index (χ1) is 14.7. The van der Waals surface area contributed by atoms with Gasteiger partial charge in [0, 0.05) is 31.5 Å². The maximum Gasteiger partial charge on any atom is 0.328 e. The fourth-order valence-corrected chi connectivity index (χ4v) is 2.01. The summed E-state index contributed by atoms with van der Waals surface area (Å²) < 4.78 is 1.47. The van der Waals surface area contributed by atoms with Crippen LogP contribution in [0.4, 0.5) is 4.79 Å². The van der Waals surface area contributed by atoms with Gasteiger partial charge in [-0.2, -0.15) is 5.26 Å². The minimum Gasteiger partial charge on any atom is -0.336 e. The number of terminal acetylenes is 1. The van der Waals surface area contributed by atoms with Gasteiger partial charge in [0.15, 0.2) is 0 Å². The number of aromatic amines is 3. The summed E-state index contributed by atoms with van der Waals surface area (Å²) in [7, 11) is 0. The Hall–Kier alpha value is -4.65. The van der Waals surface area contributed by atoms with Crippen molar-refractivity contribution in [2.24, 2.45) is 5.92 Å². The molecule has 2 aromatic rings. The molecule has 1 fully saturated rings. The average Bonchev–Trinajstić information content (AvgIpc) is 2.71. The summed E-state index contributed by atoms with van der Waals surface area (Å²) in [6.07, 6.45) is 8.49. The summed E-state index contributed by atoms with van der Waals surface area (Å²) in [6.45, 7) is 2.73. The van der Waals surface area contributed by atoms with Crippen LogP contribution in [0.1, 0.15) is 18.9 Å². The fourth-order valence-electron chi connectivity index (χ4n) is 2.01. The van der Waals surface area contributed by atoms with E-state index in [-0.39, 0.29) is 23.4 Å². The highest BCUT2D eigenvalue weighted by Gasteiger charge is 2.25. The van der Waals surface area contributed by atoms with Crippen molar-refractivity contribution in [3.8, 4) is 18.4 Å². The van der Waals surface area contributed by atoms with Crippen molar-refractivity contribution in [2.45, 2.75) is 19.9 Å². The highest BCUT2D eigenvalue weighted by molar-refractivity contribution is 5.99. The number of carbonyl (C=O) groups excluding carboxylic acids is 2. The SMILES string of the molecule is C#Cc1c[nH]c(=O)[nH]c1=O.CCCn1ccc(=O)[nH]c1=O.N#CC1CNC(=O)NC1=O. The molecule has 1 atom stereocenters. The molecule has 13 nitrogen and oxygen atoms in total. The summed E-state index contributed by atoms with van der Waals surface area (Å²) in [6, 6.07) is 2.56. The molecule has 0 spiro atoms. The molecule has 3 amide bonds. The van der Waals surface area contributed by atoms with Crippen LogP contribution in [0.3, 0.4) is 0 Å². The van der Waals surface area contributed by atoms with E-state index >= 15 is 0 Å². The highest BCUT2D eigenvalue weighted by Crippen LogP contribution is 1.96. The van der Waals surface area contributed by atoms with Crippen LogP contribution in [0.5, 0.6) is 0 Å². The summed E-state index contributed by atoms with van der Waals surface area (Å²) in [5.74, 6) is 0.848. The lowest BCUT2D eigenvalue weighted by molar-refractivity contribution is -0.122. The predicted octanol–water partition coefficient (Wildman–Crippen LogP) is -2.04. The number of rotatable bonds is 2. The third-order valence-electron chi connectivity index (χ3n) is 3.51. The Labute approximate surface area is 174 Å². The molecule has 0 aliphatic carbocycles. The zero-order valence-corrected chi connectivity index (χ0v) is 16.4. The lowest BCUT2D eigenvalue weighted by atomic mass is 10.1. The van der Waals surface area contributed by atoms with E-state index < -0.39 is 29.1 Å². The van der Waals surface area contributed by atoms with E-state index in [1.54, 1.807) is 6.07 Å². The molecule has 0 radical (unpaired) electrons. The number of hydrogen-bond donors (Lipinski definition) is 5. The third kappa shape index (κ3) is 8.08. The molecule has 13 heteroatoms. The normalized spacial score (nSPS) is 14.2. The van der Waals surface area contributed by atoms with E-state index in [0.717, 1.165) is 6.42 Å². The molecule has 3 heterocycles. The Morgan fingerprint density at radius 1 is 1.19 bits per heavy atom. The number of hydrogen-bond acceptors (Lipinski definition) is 7.